The Kier molecular flexibility index (Phi) is 3.36. The Balaban J connectivity index is 2.56. The number of benzene rings is 1. The molecule has 16 heavy (non-hydrogen) atoms. The highest BCUT2D eigenvalue weighted by atomic mass is 79.9. The van der Waals surface area contributed by atoms with Crippen molar-refractivity contribution in [1.29, 1.82) is 0 Å². The van der Waals surface area contributed by atoms with Crippen molar-refractivity contribution in [3.05, 3.63) is 39.5 Å². The van der Waals surface area contributed by atoms with E-state index in [4.69, 9.17) is 11.6 Å². The molecule has 2 nitrogen and oxygen atoms in total. The first-order valence-corrected chi connectivity index (χ1v) is 6.28. The van der Waals surface area contributed by atoms with Gasteiger partial charge < -0.3 is 0 Å². The van der Waals surface area contributed by atoms with Crippen molar-refractivity contribution in [2.75, 3.05) is 0 Å². The second-order valence-corrected chi connectivity index (χ2v) is 4.83. The van der Waals surface area contributed by atoms with Gasteiger partial charge in [-0.15, -0.1) is 0 Å². The van der Waals surface area contributed by atoms with E-state index >= 15 is 0 Å². The van der Waals surface area contributed by atoms with Crippen LogP contribution in [0.25, 0.3) is 11.3 Å². The average Bonchev–Trinajstić information content (AvgIpc) is 2.54. The first-order chi connectivity index (χ1) is 7.63. The predicted molar refractivity (Wildman–Crippen MR) is 70.7 cm³/mol. The fourth-order valence-electron chi connectivity index (χ4n) is 1.74. The molecule has 0 radical (unpaired) electrons. The zero-order valence-electron chi connectivity index (χ0n) is 9.17. The van der Waals surface area contributed by atoms with Gasteiger partial charge in [0, 0.05) is 17.6 Å². The Morgan fingerprint density at radius 3 is 2.75 bits per heavy atom. The van der Waals surface area contributed by atoms with Crippen molar-refractivity contribution in [3.8, 4) is 11.3 Å². The van der Waals surface area contributed by atoms with E-state index in [2.05, 4.69) is 28.0 Å². The highest BCUT2D eigenvalue weighted by Gasteiger charge is 2.13. The minimum absolute atomic E-state index is 0.730. The van der Waals surface area contributed by atoms with E-state index < -0.39 is 0 Å². The van der Waals surface area contributed by atoms with Crippen molar-refractivity contribution in [1.82, 2.24) is 9.78 Å². The normalized spacial score (nSPS) is 10.8. The standard InChI is InChI=1S/C12H12BrClN2/c1-3-10-11(13)12(15-16(10)2)8-5-4-6-9(14)7-8/h4-7H,3H2,1-2H3. The average molecular weight is 300 g/mol. The van der Waals surface area contributed by atoms with Gasteiger partial charge in [-0.05, 0) is 34.5 Å². The van der Waals surface area contributed by atoms with Gasteiger partial charge >= 0.3 is 0 Å². The predicted octanol–water partition coefficient (Wildman–Crippen LogP) is 4.07. The highest BCUT2D eigenvalue weighted by Crippen LogP contribution is 2.31. The third-order valence-electron chi connectivity index (χ3n) is 2.53. The van der Waals surface area contributed by atoms with Crippen LogP contribution in [0.1, 0.15) is 12.6 Å². The van der Waals surface area contributed by atoms with Gasteiger partial charge in [0.25, 0.3) is 0 Å². The van der Waals surface area contributed by atoms with Gasteiger partial charge in [0.15, 0.2) is 0 Å². The minimum atomic E-state index is 0.730. The van der Waals surface area contributed by atoms with Gasteiger partial charge in [-0.25, -0.2) is 0 Å². The molecule has 0 unspecified atom stereocenters. The first kappa shape index (κ1) is 11.7. The smallest absolute Gasteiger partial charge is 0.107 e. The van der Waals surface area contributed by atoms with E-state index in [-0.39, 0.29) is 0 Å². The monoisotopic (exact) mass is 298 g/mol. The quantitative estimate of drug-likeness (QED) is 0.817. The number of halogens is 2. The van der Waals surface area contributed by atoms with Crippen molar-refractivity contribution in [2.24, 2.45) is 7.05 Å². The van der Waals surface area contributed by atoms with Crippen LogP contribution in [0.2, 0.25) is 5.02 Å². The molecule has 4 heteroatoms. The van der Waals surface area contributed by atoms with Crippen molar-refractivity contribution in [3.63, 3.8) is 0 Å². The molecule has 0 N–H and O–H groups in total. The van der Waals surface area contributed by atoms with Gasteiger partial charge in [-0.1, -0.05) is 30.7 Å². The van der Waals surface area contributed by atoms with Gasteiger partial charge in [0.1, 0.15) is 5.69 Å². The van der Waals surface area contributed by atoms with Crippen LogP contribution in [0.4, 0.5) is 0 Å². The van der Waals surface area contributed by atoms with Crippen LogP contribution in [-0.2, 0) is 13.5 Å². The molecule has 0 spiro atoms. The summed E-state index contributed by atoms with van der Waals surface area (Å²) in [5.41, 5.74) is 3.17. The van der Waals surface area contributed by atoms with Crippen LogP contribution in [0.15, 0.2) is 28.7 Å². The molecule has 0 fully saturated rings. The number of rotatable bonds is 2. The molecule has 0 amide bonds. The summed E-state index contributed by atoms with van der Waals surface area (Å²) in [6, 6.07) is 7.74. The van der Waals surface area contributed by atoms with E-state index in [1.54, 1.807) is 0 Å². The van der Waals surface area contributed by atoms with Crippen LogP contribution in [0, 0.1) is 0 Å². The lowest BCUT2D eigenvalue weighted by atomic mass is 10.1. The fourth-order valence-corrected chi connectivity index (χ4v) is 2.77. The Hall–Kier alpha value is -0.800. The van der Waals surface area contributed by atoms with E-state index in [0.717, 1.165) is 27.2 Å². The van der Waals surface area contributed by atoms with Crippen LogP contribution in [0.3, 0.4) is 0 Å². The Morgan fingerprint density at radius 1 is 1.44 bits per heavy atom. The zero-order valence-corrected chi connectivity index (χ0v) is 11.5. The summed E-state index contributed by atoms with van der Waals surface area (Å²) in [5, 5.41) is 5.23. The van der Waals surface area contributed by atoms with Gasteiger partial charge in [0.05, 0.1) is 10.2 Å². The summed E-state index contributed by atoms with van der Waals surface area (Å²) in [4.78, 5) is 0. The summed E-state index contributed by atoms with van der Waals surface area (Å²) >= 11 is 9.57. The molecule has 0 saturated heterocycles. The lowest BCUT2D eigenvalue weighted by molar-refractivity contribution is 0.719. The molecule has 0 atom stereocenters. The lowest BCUT2D eigenvalue weighted by Crippen LogP contribution is -1.96. The minimum Gasteiger partial charge on any atom is -0.271 e. The molecular weight excluding hydrogens is 288 g/mol. The Labute approximate surface area is 108 Å². The van der Waals surface area contributed by atoms with Gasteiger partial charge in [-0.3, -0.25) is 4.68 Å². The topological polar surface area (TPSA) is 17.8 Å². The summed E-state index contributed by atoms with van der Waals surface area (Å²) in [5.74, 6) is 0. The molecule has 0 aliphatic rings. The third kappa shape index (κ3) is 2.02. The van der Waals surface area contributed by atoms with Crippen LogP contribution >= 0.6 is 27.5 Å². The molecule has 1 aromatic carbocycles. The van der Waals surface area contributed by atoms with E-state index in [1.165, 1.54) is 5.69 Å². The van der Waals surface area contributed by atoms with Gasteiger partial charge in [-0.2, -0.15) is 5.10 Å². The molecule has 1 aromatic heterocycles. The highest BCUT2D eigenvalue weighted by molar-refractivity contribution is 9.10. The summed E-state index contributed by atoms with van der Waals surface area (Å²) in [7, 11) is 1.96. The number of nitrogens with zero attached hydrogens (tertiary/aromatic N) is 2. The molecule has 0 aliphatic carbocycles. The molecular formula is C12H12BrClN2. The second-order valence-electron chi connectivity index (χ2n) is 3.60. The second kappa shape index (κ2) is 4.60. The number of aromatic nitrogens is 2. The molecule has 2 rings (SSSR count). The molecule has 84 valence electrons. The number of hydrogen-bond acceptors (Lipinski definition) is 1. The summed E-state index contributed by atoms with van der Waals surface area (Å²) in [6.45, 7) is 2.11. The SMILES string of the molecule is CCc1c(Br)c(-c2cccc(Cl)c2)nn1C. The Bertz CT molecular complexity index is 520. The van der Waals surface area contributed by atoms with Crippen molar-refractivity contribution < 1.29 is 0 Å². The number of hydrogen-bond donors (Lipinski definition) is 0. The number of aryl methyl sites for hydroxylation is 1. The molecule has 0 aliphatic heterocycles. The van der Waals surface area contributed by atoms with Crippen LogP contribution < -0.4 is 0 Å². The van der Waals surface area contributed by atoms with E-state index in [1.807, 2.05) is 36.0 Å². The van der Waals surface area contributed by atoms with Gasteiger partial charge in [0.2, 0.25) is 0 Å². The first-order valence-electron chi connectivity index (χ1n) is 5.10. The largest absolute Gasteiger partial charge is 0.271 e. The molecule has 0 bridgehead atoms. The summed E-state index contributed by atoms with van der Waals surface area (Å²) in [6.07, 6.45) is 0.949. The van der Waals surface area contributed by atoms with Crippen LogP contribution in [-0.4, -0.2) is 9.78 Å². The third-order valence-corrected chi connectivity index (χ3v) is 3.60. The maximum atomic E-state index is 5.98. The maximum Gasteiger partial charge on any atom is 0.107 e. The van der Waals surface area contributed by atoms with Crippen molar-refractivity contribution in [2.45, 2.75) is 13.3 Å². The maximum absolute atomic E-state index is 5.98. The zero-order chi connectivity index (χ0) is 11.7. The molecule has 1 heterocycles. The molecule has 0 saturated carbocycles. The molecule has 2 aromatic rings. The van der Waals surface area contributed by atoms with Crippen molar-refractivity contribution >= 4 is 27.5 Å². The van der Waals surface area contributed by atoms with E-state index in [9.17, 15) is 0 Å². The summed E-state index contributed by atoms with van der Waals surface area (Å²) < 4.78 is 2.96. The Morgan fingerprint density at radius 2 is 2.19 bits per heavy atom. The fraction of sp³-hybridized carbons (Fsp3) is 0.250. The van der Waals surface area contributed by atoms with Crippen LogP contribution in [0.5, 0.6) is 0 Å². The van der Waals surface area contributed by atoms with E-state index in [0.29, 0.717) is 0 Å². The lowest BCUT2D eigenvalue weighted by Gasteiger charge is -1.98.